The molecule has 0 aliphatic heterocycles. The minimum atomic E-state index is 0.0515. The molecule has 5 heteroatoms. The third-order valence-corrected chi connectivity index (χ3v) is 3.46. The predicted octanol–water partition coefficient (Wildman–Crippen LogP) is 0.00170. The van der Waals surface area contributed by atoms with E-state index in [1.165, 1.54) is 0 Å². The van der Waals surface area contributed by atoms with Crippen LogP contribution in [-0.4, -0.2) is 50.3 Å². The fraction of sp³-hybridized carbons (Fsp3) is 1.00. The van der Waals surface area contributed by atoms with Crippen molar-refractivity contribution in [3.05, 3.63) is 0 Å². The Bertz CT molecular complexity index is 142. The van der Waals surface area contributed by atoms with Crippen molar-refractivity contribution in [2.24, 2.45) is 0 Å². The van der Waals surface area contributed by atoms with E-state index in [0.717, 1.165) is 24.6 Å². The average molecular weight is 237 g/mol. The molecule has 0 aromatic carbocycles. The van der Waals surface area contributed by atoms with Gasteiger partial charge in [-0.3, -0.25) is 0 Å². The largest absolute Gasteiger partial charge is 0.318 e. The molecule has 0 rings (SSSR count). The summed E-state index contributed by atoms with van der Waals surface area (Å²) in [7, 11) is 3.91. The van der Waals surface area contributed by atoms with Gasteiger partial charge in [0.15, 0.2) is 0 Å². The first kappa shape index (κ1) is 14.6. The van der Waals surface area contributed by atoms with E-state index in [0.29, 0.717) is 6.04 Å². The second-order valence-corrected chi connectivity index (χ2v) is 4.48. The zero-order chi connectivity index (χ0) is 11.0. The molecule has 0 radical (unpaired) electrons. The highest BCUT2D eigenvalue weighted by Gasteiger charge is 2.21. The topological polar surface area (TPSA) is 36.1 Å². The molecule has 0 saturated carbocycles. The molecule has 0 bridgehead atoms. The van der Waals surface area contributed by atoms with Crippen LogP contribution in [-0.2, 0) is 0 Å². The lowest BCUT2D eigenvalue weighted by Crippen LogP contribution is -2.55. The maximum Gasteiger partial charge on any atom is 0.0366 e. The normalized spacial score (nSPS) is 17.8. The SMILES string of the molecule is CNC[C@](C)(CS)NC[C@H](CS)NC. The van der Waals surface area contributed by atoms with Crippen LogP contribution in [0.2, 0.25) is 0 Å². The van der Waals surface area contributed by atoms with Gasteiger partial charge in [0, 0.05) is 36.2 Å². The maximum atomic E-state index is 4.35. The first-order chi connectivity index (χ1) is 6.61. The molecule has 0 aromatic rings. The molecular formula is C9H23N3S2. The minimum absolute atomic E-state index is 0.0515. The van der Waals surface area contributed by atoms with E-state index in [9.17, 15) is 0 Å². The first-order valence-corrected chi connectivity index (χ1v) is 6.17. The Labute approximate surface area is 98.6 Å². The highest BCUT2D eigenvalue weighted by atomic mass is 32.1. The third-order valence-electron chi connectivity index (χ3n) is 2.32. The smallest absolute Gasteiger partial charge is 0.0366 e. The summed E-state index contributed by atoms with van der Waals surface area (Å²) in [4.78, 5) is 0. The second-order valence-electron chi connectivity index (χ2n) is 3.80. The lowest BCUT2D eigenvalue weighted by Gasteiger charge is -2.31. The number of hydrogen-bond acceptors (Lipinski definition) is 5. The van der Waals surface area contributed by atoms with Crippen LogP contribution in [0.4, 0.5) is 0 Å². The van der Waals surface area contributed by atoms with Gasteiger partial charge in [-0.05, 0) is 21.0 Å². The zero-order valence-electron chi connectivity index (χ0n) is 9.30. The van der Waals surface area contributed by atoms with Crippen LogP contribution in [0.3, 0.4) is 0 Å². The Morgan fingerprint density at radius 3 is 2.29 bits per heavy atom. The molecule has 2 atom stereocenters. The van der Waals surface area contributed by atoms with Crippen molar-refractivity contribution in [2.75, 3.05) is 38.7 Å². The highest BCUT2D eigenvalue weighted by Crippen LogP contribution is 2.04. The summed E-state index contributed by atoms with van der Waals surface area (Å²) in [5.74, 6) is 1.66. The molecule has 14 heavy (non-hydrogen) atoms. The Balaban J connectivity index is 3.92. The van der Waals surface area contributed by atoms with Gasteiger partial charge in [0.05, 0.1) is 0 Å². The van der Waals surface area contributed by atoms with E-state index in [-0.39, 0.29) is 5.54 Å². The monoisotopic (exact) mass is 237 g/mol. The van der Waals surface area contributed by atoms with Gasteiger partial charge in [-0.1, -0.05) is 0 Å². The van der Waals surface area contributed by atoms with Crippen molar-refractivity contribution in [2.45, 2.75) is 18.5 Å². The summed E-state index contributed by atoms with van der Waals surface area (Å²) >= 11 is 8.62. The van der Waals surface area contributed by atoms with Gasteiger partial charge in [-0.25, -0.2) is 0 Å². The molecule has 3 nitrogen and oxygen atoms in total. The standard InChI is InChI=1S/C9H23N3S2/c1-9(7-14,6-10-2)12-4-8(5-13)11-3/h8,10-14H,4-7H2,1-3H3/t8-,9-/m1/s1. The van der Waals surface area contributed by atoms with E-state index < -0.39 is 0 Å². The number of rotatable bonds is 8. The van der Waals surface area contributed by atoms with Crippen molar-refractivity contribution >= 4 is 25.3 Å². The van der Waals surface area contributed by atoms with E-state index >= 15 is 0 Å². The van der Waals surface area contributed by atoms with Gasteiger partial charge in [-0.2, -0.15) is 25.3 Å². The second kappa shape index (κ2) is 7.82. The molecule has 0 heterocycles. The number of thiol groups is 2. The van der Waals surface area contributed by atoms with E-state index in [1.807, 2.05) is 14.1 Å². The van der Waals surface area contributed by atoms with Gasteiger partial charge in [0.25, 0.3) is 0 Å². The van der Waals surface area contributed by atoms with Crippen molar-refractivity contribution in [1.29, 1.82) is 0 Å². The third kappa shape index (κ3) is 5.46. The molecule has 3 N–H and O–H groups in total. The summed E-state index contributed by atoms with van der Waals surface area (Å²) in [6.45, 7) is 4.00. The predicted molar refractivity (Wildman–Crippen MR) is 70.9 cm³/mol. The van der Waals surface area contributed by atoms with Crippen LogP contribution in [0.25, 0.3) is 0 Å². The lowest BCUT2D eigenvalue weighted by atomic mass is 10.1. The number of nitrogens with one attached hydrogen (secondary N) is 3. The molecule has 86 valence electrons. The van der Waals surface area contributed by atoms with Gasteiger partial charge in [0.1, 0.15) is 0 Å². The Morgan fingerprint density at radius 2 is 1.93 bits per heavy atom. The molecule has 0 unspecified atom stereocenters. The van der Waals surface area contributed by atoms with Crippen LogP contribution >= 0.6 is 25.3 Å². The van der Waals surface area contributed by atoms with Crippen LogP contribution in [0.15, 0.2) is 0 Å². The van der Waals surface area contributed by atoms with Crippen molar-refractivity contribution < 1.29 is 0 Å². The Morgan fingerprint density at radius 1 is 1.29 bits per heavy atom. The summed E-state index contributed by atoms with van der Waals surface area (Å²) in [5, 5.41) is 9.87. The molecule has 0 aromatic heterocycles. The van der Waals surface area contributed by atoms with Crippen LogP contribution in [0, 0.1) is 0 Å². The average Bonchev–Trinajstić information content (AvgIpc) is 2.20. The van der Waals surface area contributed by atoms with Gasteiger partial charge < -0.3 is 16.0 Å². The van der Waals surface area contributed by atoms with Crippen molar-refractivity contribution in [3.63, 3.8) is 0 Å². The Hall–Kier alpha value is 0.580. The molecule has 0 fully saturated rings. The summed E-state index contributed by atoms with van der Waals surface area (Å²) in [6.07, 6.45) is 0. The quantitative estimate of drug-likeness (QED) is 0.386. The fourth-order valence-corrected chi connectivity index (χ4v) is 1.73. The molecular weight excluding hydrogens is 214 g/mol. The molecule has 0 spiro atoms. The number of likely N-dealkylation sites (N-methyl/N-ethyl adjacent to an activating group) is 2. The number of hydrogen-bond donors (Lipinski definition) is 5. The van der Waals surface area contributed by atoms with Crippen LogP contribution in [0.5, 0.6) is 0 Å². The van der Waals surface area contributed by atoms with E-state index in [4.69, 9.17) is 0 Å². The Kier molecular flexibility index (Phi) is 8.14. The van der Waals surface area contributed by atoms with Gasteiger partial charge >= 0.3 is 0 Å². The maximum absolute atomic E-state index is 4.35. The van der Waals surface area contributed by atoms with E-state index in [2.05, 4.69) is 48.1 Å². The molecule has 0 aliphatic carbocycles. The molecule has 0 aliphatic rings. The van der Waals surface area contributed by atoms with Crippen molar-refractivity contribution in [3.8, 4) is 0 Å². The molecule has 0 saturated heterocycles. The van der Waals surface area contributed by atoms with Crippen LogP contribution in [0.1, 0.15) is 6.92 Å². The lowest BCUT2D eigenvalue weighted by molar-refractivity contribution is 0.365. The summed E-state index contributed by atoms with van der Waals surface area (Å²) in [5.41, 5.74) is 0.0515. The first-order valence-electron chi connectivity index (χ1n) is 4.90. The van der Waals surface area contributed by atoms with Gasteiger partial charge in [0.2, 0.25) is 0 Å². The van der Waals surface area contributed by atoms with E-state index in [1.54, 1.807) is 0 Å². The molecule has 0 amide bonds. The zero-order valence-corrected chi connectivity index (χ0v) is 11.1. The van der Waals surface area contributed by atoms with Crippen LogP contribution < -0.4 is 16.0 Å². The fourth-order valence-electron chi connectivity index (χ4n) is 1.19. The summed E-state index contributed by atoms with van der Waals surface area (Å²) in [6, 6.07) is 0.411. The van der Waals surface area contributed by atoms with Crippen molar-refractivity contribution in [1.82, 2.24) is 16.0 Å². The highest BCUT2D eigenvalue weighted by molar-refractivity contribution is 7.80. The van der Waals surface area contributed by atoms with Gasteiger partial charge in [-0.15, -0.1) is 0 Å². The minimum Gasteiger partial charge on any atom is -0.318 e. The summed E-state index contributed by atoms with van der Waals surface area (Å²) < 4.78 is 0.